The van der Waals surface area contributed by atoms with E-state index in [9.17, 15) is 0 Å². The lowest BCUT2D eigenvalue weighted by atomic mass is 9.90. The first kappa shape index (κ1) is 14.5. The second kappa shape index (κ2) is 7.06. The number of rotatable bonds is 5. The van der Waals surface area contributed by atoms with Gasteiger partial charge in [0.05, 0.1) is 0 Å². The Hall–Kier alpha value is -0.860. The maximum Gasteiger partial charge on any atom is 0.0233 e. The zero-order valence-electron chi connectivity index (χ0n) is 12.7. The minimum absolute atomic E-state index is 0.726. The fourth-order valence-electron chi connectivity index (χ4n) is 3.27. The van der Waals surface area contributed by atoms with Gasteiger partial charge in [-0.15, -0.1) is 0 Å². The molecule has 1 N–H and O–H groups in total. The predicted molar refractivity (Wildman–Crippen MR) is 82.4 cm³/mol. The highest BCUT2D eigenvalue weighted by Crippen LogP contribution is 2.23. The molecule has 0 spiro atoms. The van der Waals surface area contributed by atoms with Crippen molar-refractivity contribution in [2.24, 2.45) is 0 Å². The fourth-order valence-corrected chi connectivity index (χ4v) is 3.27. The third kappa shape index (κ3) is 4.32. The Morgan fingerprint density at radius 1 is 1.32 bits per heavy atom. The van der Waals surface area contributed by atoms with Gasteiger partial charge in [0.15, 0.2) is 0 Å². The molecule has 1 aliphatic rings. The van der Waals surface area contributed by atoms with Crippen LogP contribution in [0.4, 0.5) is 0 Å². The van der Waals surface area contributed by atoms with Crippen LogP contribution in [-0.2, 0) is 6.54 Å². The molecule has 0 amide bonds. The Morgan fingerprint density at radius 3 is 2.89 bits per heavy atom. The van der Waals surface area contributed by atoms with Gasteiger partial charge < -0.3 is 5.32 Å². The number of nitrogens with one attached hydrogen (secondary N) is 1. The monoisotopic (exact) mass is 260 g/mol. The smallest absolute Gasteiger partial charge is 0.0233 e. The van der Waals surface area contributed by atoms with Gasteiger partial charge in [0.2, 0.25) is 0 Å². The van der Waals surface area contributed by atoms with Gasteiger partial charge in [-0.25, -0.2) is 0 Å². The van der Waals surface area contributed by atoms with Gasteiger partial charge in [-0.2, -0.15) is 0 Å². The second-order valence-electron chi connectivity index (χ2n) is 5.98. The molecule has 0 saturated heterocycles. The van der Waals surface area contributed by atoms with E-state index in [1.807, 2.05) is 0 Å². The largest absolute Gasteiger partial charge is 0.314 e. The summed E-state index contributed by atoms with van der Waals surface area (Å²) in [5, 5.41) is 3.62. The third-order valence-corrected chi connectivity index (χ3v) is 4.28. The molecule has 2 atom stereocenters. The Morgan fingerprint density at radius 2 is 2.16 bits per heavy atom. The van der Waals surface area contributed by atoms with E-state index in [1.54, 1.807) is 0 Å². The summed E-state index contributed by atoms with van der Waals surface area (Å²) in [4.78, 5) is 2.54. The first-order chi connectivity index (χ1) is 9.19. The molecule has 1 aliphatic carbocycles. The number of nitrogens with zero attached hydrogens (tertiary/aromatic N) is 1. The van der Waals surface area contributed by atoms with Crippen molar-refractivity contribution in [3.63, 3.8) is 0 Å². The summed E-state index contributed by atoms with van der Waals surface area (Å²) < 4.78 is 0. The molecule has 0 heterocycles. The van der Waals surface area contributed by atoms with Crippen molar-refractivity contribution >= 4 is 0 Å². The van der Waals surface area contributed by atoms with Crippen molar-refractivity contribution in [1.29, 1.82) is 0 Å². The number of benzene rings is 1. The number of hydrogen-bond acceptors (Lipinski definition) is 2. The van der Waals surface area contributed by atoms with Crippen LogP contribution in [0.15, 0.2) is 24.3 Å². The van der Waals surface area contributed by atoms with E-state index < -0.39 is 0 Å². The molecular formula is C17H28N2. The summed E-state index contributed by atoms with van der Waals surface area (Å²) in [6.07, 6.45) is 5.36. The van der Waals surface area contributed by atoms with Crippen LogP contribution >= 0.6 is 0 Å². The van der Waals surface area contributed by atoms with Gasteiger partial charge in [0.1, 0.15) is 0 Å². The molecular weight excluding hydrogens is 232 g/mol. The van der Waals surface area contributed by atoms with Gasteiger partial charge >= 0.3 is 0 Å². The fraction of sp³-hybridized carbons (Fsp3) is 0.647. The molecule has 1 aromatic rings. The van der Waals surface area contributed by atoms with Gasteiger partial charge in [0.25, 0.3) is 0 Å². The summed E-state index contributed by atoms with van der Waals surface area (Å²) in [5.74, 6) is 0. The summed E-state index contributed by atoms with van der Waals surface area (Å²) in [6.45, 7) is 6.55. The Bertz CT molecular complexity index is 387. The molecule has 0 aromatic heterocycles. The highest BCUT2D eigenvalue weighted by molar-refractivity contribution is 5.22. The van der Waals surface area contributed by atoms with Gasteiger partial charge in [0, 0.05) is 18.6 Å². The lowest BCUT2D eigenvalue weighted by Gasteiger charge is -2.35. The maximum atomic E-state index is 3.62. The van der Waals surface area contributed by atoms with Crippen LogP contribution in [0.25, 0.3) is 0 Å². The number of hydrogen-bond donors (Lipinski definition) is 1. The van der Waals surface area contributed by atoms with Crippen LogP contribution in [0.3, 0.4) is 0 Å². The minimum atomic E-state index is 0.726. The van der Waals surface area contributed by atoms with Crippen molar-refractivity contribution in [2.75, 3.05) is 13.6 Å². The van der Waals surface area contributed by atoms with Crippen molar-refractivity contribution in [2.45, 2.75) is 58.2 Å². The lowest BCUT2D eigenvalue weighted by Crippen LogP contribution is -2.42. The van der Waals surface area contributed by atoms with Crippen LogP contribution < -0.4 is 5.32 Å². The Labute approximate surface area is 118 Å². The van der Waals surface area contributed by atoms with Gasteiger partial charge in [-0.1, -0.05) is 43.2 Å². The highest BCUT2D eigenvalue weighted by Gasteiger charge is 2.24. The topological polar surface area (TPSA) is 15.3 Å². The van der Waals surface area contributed by atoms with E-state index in [2.05, 4.69) is 55.4 Å². The summed E-state index contributed by atoms with van der Waals surface area (Å²) in [5.41, 5.74) is 2.80. The molecule has 0 aliphatic heterocycles. The summed E-state index contributed by atoms with van der Waals surface area (Å²) in [7, 11) is 2.28. The van der Waals surface area contributed by atoms with Crippen LogP contribution in [0.2, 0.25) is 0 Å². The van der Waals surface area contributed by atoms with Gasteiger partial charge in [-0.3, -0.25) is 4.90 Å². The van der Waals surface area contributed by atoms with E-state index in [0.29, 0.717) is 0 Å². The molecule has 19 heavy (non-hydrogen) atoms. The standard InChI is InChI=1S/C17H28N2/c1-4-18-16-9-6-10-17(12-16)19(3)13-15-8-5-7-14(2)11-15/h5,7-8,11,16-18H,4,6,9-10,12-13H2,1-3H3. The van der Waals surface area contributed by atoms with Crippen molar-refractivity contribution in [3.8, 4) is 0 Å². The number of aryl methyl sites for hydroxylation is 1. The van der Waals surface area contributed by atoms with Crippen molar-refractivity contribution in [1.82, 2.24) is 10.2 Å². The first-order valence-electron chi connectivity index (χ1n) is 7.68. The first-order valence-corrected chi connectivity index (χ1v) is 7.68. The summed E-state index contributed by atoms with van der Waals surface area (Å²) >= 11 is 0. The van der Waals surface area contributed by atoms with E-state index in [4.69, 9.17) is 0 Å². The Kier molecular flexibility index (Phi) is 5.41. The van der Waals surface area contributed by atoms with E-state index in [0.717, 1.165) is 25.2 Å². The molecule has 2 nitrogen and oxygen atoms in total. The van der Waals surface area contributed by atoms with E-state index >= 15 is 0 Å². The third-order valence-electron chi connectivity index (χ3n) is 4.28. The summed E-state index contributed by atoms with van der Waals surface area (Å²) in [6, 6.07) is 10.4. The predicted octanol–water partition coefficient (Wildman–Crippen LogP) is 3.35. The quantitative estimate of drug-likeness (QED) is 0.873. The lowest BCUT2D eigenvalue weighted by molar-refractivity contribution is 0.163. The zero-order chi connectivity index (χ0) is 13.7. The average Bonchev–Trinajstić information content (AvgIpc) is 2.39. The minimum Gasteiger partial charge on any atom is -0.314 e. The van der Waals surface area contributed by atoms with Crippen LogP contribution in [0, 0.1) is 6.92 Å². The molecule has 0 bridgehead atoms. The molecule has 1 fully saturated rings. The zero-order valence-corrected chi connectivity index (χ0v) is 12.7. The van der Waals surface area contributed by atoms with Crippen LogP contribution in [-0.4, -0.2) is 30.6 Å². The molecule has 2 unspecified atom stereocenters. The molecule has 106 valence electrons. The van der Waals surface area contributed by atoms with E-state index in [1.165, 1.54) is 36.8 Å². The molecule has 2 rings (SSSR count). The maximum absolute atomic E-state index is 3.62. The second-order valence-corrected chi connectivity index (χ2v) is 5.98. The molecule has 2 heteroatoms. The van der Waals surface area contributed by atoms with Crippen LogP contribution in [0.1, 0.15) is 43.7 Å². The molecule has 0 radical (unpaired) electrons. The Balaban J connectivity index is 1.90. The normalized spacial score (nSPS) is 23.8. The SMILES string of the molecule is CCNC1CCCC(N(C)Cc2cccc(C)c2)C1. The van der Waals surface area contributed by atoms with Crippen molar-refractivity contribution < 1.29 is 0 Å². The highest BCUT2D eigenvalue weighted by atomic mass is 15.1. The molecule has 1 aromatic carbocycles. The van der Waals surface area contributed by atoms with Crippen LogP contribution in [0.5, 0.6) is 0 Å². The van der Waals surface area contributed by atoms with Crippen molar-refractivity contribution in [3.05, 3.63) is 35.4 Å². The average molecular weight is 260 g/mol. The van der Waals surface area contributed by atoms with E-state index in [-0.39, 0.29) is 0 Å². The van der Waals surface area contributed by atoms with Gasteiger partial charge in [-0.05, 0) is 45.3 Å². The molecule has 1 saturated carbocycles.